The van der Waals surface area contributed by atoms with Gasteiger partial charge in [-0.3, -0.25) is 14.4 Å². The van der Waals surface area contributed by atoms with E-state index in [2.05, 4.69) is 43.2 Å². The van der Waals surface area contributed by atoms with Crippen LogP contribution in [0.2, 0.25) is 0 Å². The lowest BCUT2D eigenvalue weighted by Gasteiger charge is -2.62. The maximum atomic E-state index is 13.8. The van der Waals surface area contributed by atoms with E-state index in [4.69, 9.17) is 4.84 Å². The number of phenolic OH excluding ortho intramolecular Hbond substituents is 1. The summed E-state index contributed by atoms with van der Waals surface area (Å²) >= 11 is 0. The molecule has 1 aliphatic heterocycles. The number of hydrogen-bond donors (Lipinski definition) is 5. The molecule has 9 heteroatoms. The Kier molecular flexibility index (Phi) is 9.14. The van der Waals surface area contributed by atoms with Crippen LogP contribution in [0.3, 0.4) is 0 Å². The summed E-state index contributed by atoms with van der Waals surface area (Å²) in [6.45, 7) is 8.62. The monoisotopic (exact) mass is 589 g/mol. The Hall–Kier alpha value is -3.42. The van der Waals surface area contributed by atoms with Crippen molar-refractivity contribution in [1.29, 1.82) is 0 Å². The molecular formula is C34H43N3O6. The largest absolute Gasteiger partial charge is 0.508 e. The first-order valence-corrected chi connectivity index (χ1v) is 15.2. The van der Waals surface area contributed by atoms with Crippen LogP contribution in [0.5, 0.6) is 5.75 Å². The number of benzene rings is 2. The topological polar surface area (TPSA) is 131 Å². The summed E-state index contributed by atoms with van der Waals surface area (Å²) in [5.74, 6) is 6.59. The van der Waals surface area contributed by atoms with Gasteiger partial charge in [0.05, 0.1) is 25.8 Å². The lowest BCUT2D eigenvalue weighted by molar-refractivity contribution is -0.183. The molecule has 5 N–H and O–H groups in total. The first kappa shape index (κ1) is 31.0. The van der Waals surface area contributed by atoms with Gasteiger partial charge in [0.1, 0.15) is 17.9 Å². The van der Waals surface area contributed by atoms with Gasteiger partial charge in [-0.05, 0) is 84.9 Å². The van der Waals surface area contributed by atoms with Crippen LogP contribution in [0.15, 0.2) is 48.5 Å². The number of aromatic hydroxyl groups is 1. The predicted octanol–water partition coefficient (Wildman–Crippen LogP) is 2.83. The smallest absolute Gasteiger partial charge is 0.252 e. The lowest BCUT2D eigenvalue weighted by Crippen LogP contribution is -2.62. The predicted molar refractivity (Wildman–Crippen MR) is 161 cm³/mol. The van der Waals surface area contributed by atoms with E-state index in [1.54, 1.807) is 12.0 Å². The molecule has 8 atom stereocenters. The first-order valence-electron chi connectivity index (χ1n) is 15.2. The zero-order valence-electron chi connectivity index (χ0n) is 25.3. The molecule has 3 aliphatic carbocycles. The van der Waals surface area contributed by atoms with Crippen molar-refractivity contribution in [3.8, 4) is 17.6 Å². The zero-order chi connectivity index (χ0) is 30.9. The number of amides is 2. The van der Waals surface area contributed by atoms with Gasteiger partial charge in [-0.2, -0.15) is 5.06 Å². The summed E-state index contributed by atoms with van der Waals surface area (Å²) in [6, 6.07) is 12.8. The minimum Gasteiger partial charge on any atom is -0.508 e. The van der Waals surface area contributed by atoms with Gasteiger partial charge in [0, 0.05) is 23.1 Å². The number of aliphatic hydroxyl groups is 2. The van der Waals surface area contributed by atoms with Crippen LogP contribution in [0.1, 0.15) is 62.0 Å². The summed E-state index contributed by atoms with van der Waals surface area (Å²) < 4.78 is 0. The average Bonchev–Trinajstić information content (AvgIpc) is 3.35. The van der Waals surface area contributed by atoms with Crippen LogP contribution in [0.25, 0.3) is 0 Å². The molecule has 2 bridgehead atoms. The number of fused-ring (bicyclic) bond motifs is 2. The Morgan fingerprint density at radius 3 is 2.56 bits per heavy atom. The molecule has 4 aliphatic rings. The molecule has 230 valence electrons. The summed E-state index contributed by atoms with van der Waals surface area (Å²) in [7, 11) is 0. The Morgan fingerprint density at radius 1 is 1.16 bits per heavy atom. The van der Waals surface area contributed by atoms with Gasteiger partial charge >= 0.3 is 0 Å². The third-order valence-corrected chi connectivity index (χ3v) is 10.0. The van der Waals surface area contributed by atoms with Crippen LogP contribution in [-0.2, 0) is 16.2 Å². The van der Waals surface area contributed by atoms with Crippen LogP contribution in [0.4, 0.5) is 0 Å². The second kappa shape index (κ2) is 12.7. The fourth-order valence-corrected chi connectivity index (χ4v) is 7.40. The number of hydroxylamine groups is 2. The number of phenols is 1. The molecule has 1 saturated heterocycles. The number of rotatable bonds is 8. The quantitative estimate of drug-likeness (QED) is 0.299. The Labute approximate surface area is 253 Å². The third-order valence-electron chi connectivity index (χ3n) is 10.0. The highest BCUT2D eigenvalue weighted by atomic mass is 16.7. The number of aliphatic hydroxyl groups excluding tert-OH is 2. The van der Waals surface area contributed by atoms with Gasteiger partial charge in [0.15, 0.2) is 0 Å². The molecule has 4 fully saturated rings. The highest BCUT2D eigenvalue weighted by Gasteiger charge is 2.57. The average molecular weight is 590 g/mol. The van der Waals surface area contributed by atoms with Crippen LogP contribution >= 0.6 is 0 Å². The molecule has 2 aromatic rings. The van der Waals surface area contributed by atoms with Crippen molar-refractivity contribution >= 4 is 11.8 Å². The van der Waals surface area contributed by atoms with Gasteiger partial charge < -0.3 is 26.0 Å². The number of carbonyl (C=O) groups excluding carboxylic acids is 2. The van der Waals surface area contributed by atoms with Crippen LogP contribution in [0, 0.1) is 40.9 Å². The second-order valence-corrected chi connectivity index (χ2v) is 13.0. The van der Waals surface area contributed by atoms with E-state index in [1.165, 1.54) is 30.7 Å². The highest BCUT2D eigenvalue weighted by molar-refractivity contribution is 5.94. The molecule has 2 amide bonds. The van der Waals surface area contributed by atoms with Gasteiger partial charge in [-0.15, -0.1) is 0 Å². The maximum absolute atomic E-state index is 13.8. The van der Waals surface area contributed by atoms with E-state index in [0.29, 0.717) is 28.7 Å². The molecule has 0 aromatic heterocycles. The minimum absolute atomic E-state index is 0.0714. The van der Waals surface area contributed by atoms with Gasteiger partial charge in [-0.25, -0.2) is 0 Å². The summed E-state index contributed by atoms with van der Waals surface area (Å²) in [5.41, 5.74) is 2.33. The molecule has 0 unspecified atom stereocenters. The van der Waals surface area contributed by atoms with Crippen molar-refractivity contribution in [1.82, 2.24) is 15.7 Å². The Balaban J connectivity index is 1.25. The molecule has 9 nitrogen and oxygen atoms in total. The van der Waals surface area contributed by atoms with E-state index in [0.717, 1.165) is 17.5 Å². The van der Waals surface area contributed by atoms with E-state index in [9.17, 15) is 24.9 Å². The SMILES string of the molecule is C[C@@H]1[C@@H](NC(=O)[C@@H]2[C@H]([C@H](C)O)[C@H](CO)ON2Cc2cccc(C#CCNC(=O)c3ccc(O)cc3)c2)C[C@H]2C[C@H]1C2(C)C. The highest BCUT2D eigenvalue weighted by Crippen LogP contribution is 2.61. The van der Waals surface area contributed by atoms with E-state index in [1.807, 2.05) is 24.3 Å². The number of nitrogens with zero attached hydrogens (tertiary/aromatic N) is 1. The second-order valence-electron chi connectivity index (χ2n) is 13.0. The molecule has 43 heavy (non-hydrogen) atoms. The number of nitrogens with one attached hydrogen (secondary N) is 2. The molecule has 2 aromatic carbocycles. The summed E-state index contributed by atoms with van der Waals surface area (Å²) in [6.07, 6.45) is 0.602. The molecule has 1 heterocycles. The van der Waals surface area contributed by atoms with Crippen LogP contribution < -0.4 is 10.6 Å². The van der Waals surface area contributed by atoms with Crippen LogP contribution in [-0.4, -0.2) is 69.6 Å². The van der Waals surface area contributed by atoms with Gasteiger partial charge in [0.2, 0.25) is 5.91 Å². The molecular weight excluding hydrogens is 546 g/mol. The third kappa shape index (κ3) is 6.43. The van der Waals surface area contributed by atoms with Crippen molar-refractivity contribution < 1.29 is 29.7 Å². The fraction of sp³-hybridized carbons (Fsp3) is 0.529. The van der Waals surface area contributed by atoms with Crippen molar-refractivity contribution in [2.45, 2.75) is 71.4 Å². The zero-order valence-corrected chi connectivity index (χ0v) is 25.3. The van der Waals surface area contributed by atoms with Gasteiger partial charge in [0.25, 0.3) is 5.91 Å². The van der Waals surface area contributed by atoms with E-state index in [-0.39, 0.29) is 43.3 Å². The first-order chi connectivity index (χ1) is 20.5. The maximum Gasteiger partial charge on any atom is 0.252 e. The number of hydrogen-bond acceptors (Lipinski definition) is 7. The summed E-state index contributed by atoms with van der Waals surface area (Å²) in [5, 5.41) is 37.8. The normalized spacial score (nSPS) is 30.0. The van der Waals surface area contributed by atoms with Gasteiger partial charge in [-0.1, -0.05) is 44.7 Å². The summed E-state index contributed by atoms with van der Waals surface area (Å²) in [4.78, 5) is 32.2. The number of carbonyl (C=O) groups is 2. The molecule has 6 rings (SSSR count). The standard InChI is InChI=1S/C34H43N3O6/c1-20-27-16-25(34(27,3)4)17-28(20)36-33(42)31-30(21(2)39)29(19-38)43-37(31)18-23-8-5-7-22(15-23)9-6-14-35-32(41)24-10-12-26(40)13-11-24/h5,7-8,10-13,15,20-21,25,27-31,38-40H,14,16-19H2,1-4H3,(H,35,41)(H,36,42)/t20-,21-,25+,27+,28-,29-,30+,31-/m0/s1. The molecule has 0 spiro atoms. The van der Waals surface area contributed by atoms with E-state index >= 15 is 0 Å². The van der Waals surface area contributed by atoms with Crippen molar-refractivity contribution in [3.63, 3.8) is 0 Å². The lowest BCUT2D eigenvalue weighted by atomic mass is 9.45. The van der Waals surface area contributed by atoms with Crippen molar-refractivity contribution in [2.24, 2.45) is 29.1 Å². The Bertz CT molecular complexity index is 1380. The minimum atomic E-state index is -0.858. The molecule has 3 saturated carbocycles. The molecule has 0 radical (unpaired) electrons. The van der Waals surface area contributed by atoms with Crippen molar-refractivity contribution in [2.75, 3.05) is 13.2 Å². The van der Waals surface area contributed by atoms with E-state index < -0.39 is 24.2 Å². The fourth-order valence-electron chi connectivity index (χ4n) is 7.40. The van der Waals surface area contributed by atoms with Crippen molar-refractivity contribution in [3.05, 3.63) is 65.2 Å². The Morgan fingerprint density at radius 2 is 1.91 bits per heavy atom.